The smallest absolute Gasteiger partial charge is 0.291 e. The molecular formula is C13H9BrN2O2. The van der Waals surface area contributed by atoms with Crippen LogP contribution in [0.15, 0.2) is 39.4 Å². The van der Waals surface area contributed by atoms with E-state index in [-0.39, 0.29) is 11.7 Å². The maximum atomic E-state index is 11.9. The summed E-state index contributed by atoms with van der Waals surface area (Å²) < 4.78 is 5.65. The zero-order valence-electron chi connectivity index (χ0n) is 9.53. The highest BCUT2D eigenvalue weighted by Gasteiger charge is 2.12. The normalized spacial score (nSPS) is 9.83. The molecular weight excluding hydrogens is 296 g/mol. The van der Waals surface area contributed by atoms with Gasteiger partial charge in [-0.1, -0.05) is 6.07 Å². The highest BCUT2D eigenvalue weighted by molar-refractivity contribution is 9.10. The Bertz CT molecular complexity index is 641. The quantitative estimate of drug-likeness (QED) is 0.923. The Morgan fingerprint density at radius 1 is 1.39 bits per heavy atom. The molecule has 0 fully saturated rings. The Morgan fingerprint density at radius 2 is 2.17 bits per heavy atom. The number of benzene rings is 1. The predicted molar refractivity (Wildman–Crippen MR) is 70.3 cm³/mol. The van der Waals surface area contributed by atoms with Crippen molar-refractivity contribution in [2.24, 2.45) is 0 Å². The van der Waals surface area contributed by atoms with Gasteiger partial charge in [-0.15, -0.1) is 0 Å². The van der Waals surface area contributed by atoms with Gasteiger partial charge >= 0.3 is 0 Å². The molecule has 0 aliphatic rings. The van der Waals surface area contributed by atoms with Crippen molar-refractivity contribution in [2.75, 3.05) is 5.32 Å². The Labute approximate surface area is 112 Å². The molecule has 0 aliphatic heterocycles. The van der Waals surface area contributed by atoms with Crippen LogP contribution in [-0.4, -0.2) is 5.91 Å². The van der Waals surface area contributed by atoms with Gasteiger partial charge in [0.05, 0.1) is 11.6 Å². The van der Waals surface area contributed by atoms with Gasteiger partial charge in [-0.2, -0.15) is 5.26 Å². The predicted octanol–water partition coefficient (Wildman–Crippen LogP) is 3.47. The number of nitriles is 1. The van der Waals surface area contributed by atoms with Gasteiger partial charge in [0.2, 0.25) is 0 Å². The minimum absolute atomic E-state index is 0.212. The number of aryl methyl sites for hydroxylation is 1. The van der Waals surface area contributed by atoms with Crippen molar-refractivity contribution < 1.29 is 9.21 Å². The van der Waals surface area contributed by atoms with Crippen LogP contribution in [0.4, 0.5) is 5.69 Å². The van der Waals surface area contributed by atoms with Crippen LogP contribution in [0.3, 0.4) is 0 Å². The van der Waals surface area contributed by atoms with Crippen LogP contribution in [0.25, 0.3) is 0 Å². The number of anilines is 1. The van der Waals surface area contributed by atoms with E-state index < -0.39 is 0 Å². The first-order chi connectivity index (χ1) is 8.60. The molecule has 1 aromatic heterocycles. The SMILES string of the molecule is Cc1ccc(C#N)cc1NC(=O)c1ccc(Br)o1. The second-order valence-electron chi connectivity index (χ2n) is 3.70. The molecule has 0 unspecified atom stereocenters. The van der Waals surface area contributed by atoms with Gasteiger partial charge in [-0.25, -0.2) is 0 Å². The summed E-state index contributed by atoms with van der Waals surface area (Å²) in [6, 6.07) is 10.4. The maximum Gasteiger partial charge on any atom is 0.291 e. The van der Waals surface area contributed by atoms with Gasteiger partial charge in [-0.05, 0) is 52.7 Å². The van der Waals surface area contributed by atoms with Crippen LogP contribution >= 0.6 is 15.9 Å². The molecule has 2 rings (SSSR count). The fraction of sp³-hybridized carbons (Fsp3) is 0.0769. The molecule has 0 saturated carbocycles. The second kappa shape index (κ2) is 5.07. The Morgan fingerprint density at radius 3 is 2.78 bits per heavy atom. The molecule has 4 nitrogen and oxygen atoms in total. The van der Waals surface area contributed by atoms with Crippen LogP contribution in [0, 0.1) is 18.3 Å². The number of hydrogen-bond donors (Lipinski definition) is 1. The lowest BCUT2D eigenvalue weighted by molar-refractivity contribution is 0.0995. The summed E-state index contributed by atoms with van der Waals surface area (Å²) in [5.74, 6) is -0.137. The van der Waals surface area contributed by atoms with E-state index in [9.17, 15) is 4.79 Å². The van der Waals surface area contributed by atoms with E-state index in [0.29, 0.717) is 15.9 Å². The number of rotatable bonds is 2. The van der Waals surface area contributed by atoms with Crippen molar-refractivity contribution in [2.45, 2.75) is 6.92 Å². The molecule has 1 amide bonds. The summed E-state index contributed by atoms with van der Waals surface area (Å²) >= 11 is 3.13. The lowest BCUT2D eigenvalue weighted by Crippen LogP contribution is -2.11. The van der Waals surface area contributed by atoms with Crippen LogP contribution in [0.2, 0.25) is 0 Å². The number of nitrogens with zero attached hydrogens (tertiary/aromatic N) is 1. The third-order valence-corrected chi connectivity index (χ3v) is 2.84. The standard InChI is InChI=1S/C13H9BrN2O2/c1-8-2-3-9(7-15)6-10(8)16-13(17)11-4-5-12(14)18-11/h2-6H,1H3,(H,16,17). The number of carbonyl (C=O) groups excluding carboxylic acids is 1. The van der Waals surface area contributed by atoms with Gasteiger partial charge in [-0.3, -0.25) is 4.79 Å². The third kappa shape index (κ3) is 2.60. The third-order valence-electron chi connectivity index (χ3n) is 2.41. The summed E-state index contributed by atoms with van der Waals surface area (Å²) in [5, 5.41) is 11.5. The molecule has 1 aromatic carbocycles. The number of halogens is 1. The Kier molecular flexibility index (Phi) is 3.49. The van der Waals surface area contributed by atoms with Crippen molar-refractivity contribution in [3.63, 3.8) is 0 Å². The molecule has 0 saturated heterocycles. The van der Waals surface area contributed by atoms with E-state index in [4.69, 9.17) is 9.68 Å². The molecule has 0 atom stereocenters. The number of carbonyl (C=O) groups is 1. The largest absolute Gasteiger partial charge is 0.444 e. The highest BCUT2D eigenvalue weighted by Crippen LogP contribution is 2.19. The lowest BCUT2D eigenvalue weighted by Gasteiger charge is -2.07. The number of furan rings is 1. The number of nitrogens with one attached hydrogen (secondary N) is 1. The van der Waals surface area contributed by atoms with Crippen LogP contribution < -0.4 is 5.32 Å². The first-order valence-electron chi connectivity index (χ1n) is 5.17. The van der Waals surface area contributed by atoms with Gasteiger partial charge in [0, 0.05) is 5.69 Å². The van der Waals surface area contributed by atoms with Gasteiger partial charge in [0.1, 0.15) is 0 Å². The van der Waals surface area contributed by atoms with Crippen LogP contribution in [0.1, 0.15) is 21.7 Å². The number of hydrogen-bond acceptors (Lipinski definition) is 3. The molecule has 0 bridgehead atoms. The Balaban J connectivity index is 2.24. The van der Waals surface area contributed by atoms with Gasteiger partial charge in [0.25, 0.3) is 5.91 Å². The Hall–Kier alpha value is -2.06. The van der Waals surface area contributed by atoms with E-state index >= 15 is 0 Å². The molecule has 1 N–H and O–H groups in total. The summed E-state index contributed by atoms with van der Waals surface area (Å²) in [6.07, 6.45) is 0. The molecule has 0 radical (unpaired) electrons. The zero-order valence-corrected chi connectivity index (χ0v) is 11.1. The molecule has 0 aliphatic carbocycles. The zero-order chi connectivity index (χ0) is 13.1. The van der Waals surface area contributed by atoms with Gasteiger partial charge < -0.3 is 9.73 Å². The van der Waals surface area contributed by atoms with Gasteiger partial charge in [0.15, 0.2) is 10.4 Å². The fourth-order valence-electron chi connectivity index (χ4n) is 1.45. The molecule has 0 spiro atoms. The summed E-state index contributed by atoms with van der Waals surface area (Å²) in [5.41, 5.74) is 1.98. The van der Waals surface area contributed by atoms with Crippen LogP contribution in [0.5, 0.6) is 0 Å². The van der Waals surface area contributed by atoms with E-state index in [1.54, 1.807) is 30.3 Å². The van der Waals surface area contributed by atoms with E-state index in [2.05, 4.69) is 21.2 Å². The lowest BCUT2D eigenvalue weighted by atomic mass is 10.1. The fourth-order valence-corrected chi connectivity index (χ4v) is 1.75. The summed E-state index contributed by atoms with van der Waals surface area (Å²) in [4.78, 5) is 11.9. The average Bonchev–Trinajstić information content (AvgIpc) is 2.79. The highest BCUT2D eigenvalue weighted by atomic mass is 79.9. The van der Waals surface area contributed by atoms with Crippen LogP contribution in [-0.2, 0) is 0 Å². The van der Waals surface area contributed by atoms with Crippen molar-refractivity contribution in [3.8, 4) is 6.07 Å². The first kappa shape index (κ1) is 12.4. The second-order valence-corrected chi connectivity index (χ2v) is 4.48. The summed E-state index contributed by atoms with van der Waals surface area (Å²) in [6.45, 7) is 1.86. The average molecular weight is 305 g/mol. The molecule has 5 heteroatoms. The van der Waals surface area contributed by atoms with E-state index in [1.165, 1.54) is 0 Å². The van der Waals surface area contributed by atoms with Crippen molar-refractivity contribution in [1.82, 2.24) is 0 Å². The molecule has 18 heavy (non-hydrogen) atoms. The van der Waals surface area contributed by atoms with Crippen molar-refractivity contribution in [1.29, 1.82) is 5.26 Å². The summed E-state index contributed by atoms with van der Waals surface area (Å²) in [7, 11) is 0. The topological polar surface area (TPSA) is 66.0 Å². The van der Waals surface area contributed by atoms with E-state index in [0.717, 1.165) is 5.56 Å². The first-order valence-corrected chi connectivity index (χ1v) is 5.97. The molecule has 1 heterocycles. The van der Waals surface area contributed by atoms with Crippen molar-refractivity contribution >= 4 is 27.5 Å². The van der Waals surface area contributed by atoms with E-state index in [1.807, 2.05) is 13.0 Å². The maximum absolute atomic E-state index is 11.9. The van der Waals surface area contributed by atoms with Crippen molar-refractivity contribution in [3.05, 3.63) is 51.9 Å². The minimum atomic E-state index is -0.348. The minimum Gasteiger partial charge on any atom is -0.444 e. The molecule has 2 aromatic rings. The molecule has 90 valence electrons. The number of amides is 1. The monoisotopic (exact) mass is 304 g/mol.